The van der Waals surface area contributed by atoms with Gasteiger partial charge in [0.15, 0.2) is 0 Å². The van der Waals surface area contributed by atoms with E-state index in [2.05, 4.69) is 52.0 Å². The Balaban J connectivity index is 2.37. The van der Waals surface area contributed by atoms with E-state index in [1.165, 1.54) is 32.1 Å². The molecule has 0 aromatic rings. The van der Waals surface area contributed by atoms with E-state index in [-0.39, 0.29) is 0 Å². The van der Waals surface area contributed by atoms with Gasteiger partial charge in [0.25, 0.3) is 0 Å². The molecule has 2 nitrogen and oxygen atoms in total. The van der Waals surface area contributed by atoms with Gasteiger partial charge in [-0.1, -0.05) is 40.5 Å². The zero-order chi connectivity index (χ0) is 14.4. The van der Waals surface area contributed by atoms with Crippen molar-refractivity contribution >= 4 is 0 Å². The number of hydrogen-bond donors (Lipinski definition) is 1. The zero-order valence-electron chi connectivity index (χ0n) is 14.1. The fourth-order valence-corrected chi connectivity index (χ4v) is 3.34. The van der Waals surface area contributed by atoms with Gasteiger partial charge >= 0.3 is 0 Å². The summed E-state index contributed by atoms with van der Waals surface area (Å²) < 4.78 is 0. The van der Waals surface area contributed by atoms with E-state index in [1.807, 2.05) is 0 Å². The van der Waals surface area contributed by atoms with Crippen LogP contribution in [0.2, 0.25) is 0 Å². The highest BCUT2D eigenvalue weighted by Gasteiger charge is 2.24. The molecule has 3 unspecified atom stereocenters. The minimum atomic E-state index is 0.680. The zero-order valence-corrected chi connectivity index (χ0v) is 14.1. The Bertz CT molecular complexity index is 235. The van der Waals surface area contributed by atoms with Gasteiger partial charge in [-0.25, -0.2) is 0 Å². The molecule has 1 fully saturated rings. The van der Waals surface area contributed by atoms with E-state index < -0.39 is 0 Å². The van der Waals surface area contributed by atoms with E-state index in [4.69, 9.17) is 0 Å². The highest BCUT2D eigenvalue weighted by atomic mass is 15.1. The molecule has 0 radical (unpaired) electrons. The van der Waals surface area contributed by atoms with Crippen molar-refractivity contribution in [3.8, 4) is 0 Å². The van der Waals surface area contributed by atoms with Crippen LogP contribution in [0.15, 0.2) is 0 Å². The second-order valence-electron chi connectivity index (χ2n) is 7.52. The Morgan fingerprint density at radius 2 is 1.79 bits per heavy atom. The lowest BCUT2D eigenvalue weighted by Crippen LogP contribution is -2.44. The standard InChI is InChI=1S/C17H36N2/c1-13(2)10-17(19(5)6)12-18-16-9-7-8-15(11-16)14(3)4/h13-18H,7-12H2,1-6H3. The van der Waals surface area contributed by atoms with Crippen LogP contribution in [-0.4, -0.2) is 37.6 Å². The Morgan fingerprint density at radius 3 is 2.32 bits per heavy atom. The predicted octanol–water partition coefficient (Wildman–Crippen LogP) is 3.77. The van der Waals surface area contributed by atoms with Crippen LogP contribution in [0.25, 0.3) is 0 Å². The van der Waals surface area contributed by atoms with E-state index in [0.717, 1.165) is 30.3 Å². The molecule has 3 atom stereocenters. The van der Waals surface area contributed by atoms with Crippen molar-refractivity contribution in [2.75, 3.05) is 20.6 Å². The average molecular weight is 268 g/mol. The van der Waals surface area contributed by atoms with Crippen LogP contribution in [0.1, 0.15) is 59.8 Å². The summed E-state index contributed by atoms with van der Waals surface area (Å²) in [6.45, 7) is 10.6. The topological polar surface area (TPSA) is 15.3 Å². The van der Waals surface area contributed by atoms with Crippen molar-refractivity contribution in [3.63, 3.8) is 0 Å². The highest BCUT2D eigenvalue weighted by Crippen LogP contribution is 2.29. The minimum Gasteiger partial charge on any atom is -0.312 e. The maximum atomic E-state index is 3.85. The fraction of sp³-hybridized carbons (Fsp3) is 1.00. The summed E-state index contributed by atoms with van der Waals surface area (Å²) in [5.41, 5.74) is 0. The fourth-order valence-electron chi connectivity index (χ4n) is 3.34. The van der Waals surface area contributed by atoms with Crippen LogP contribution in [0.4, 0.5) is 0 Å². The molecule has 0 amide bonds. The van der Waals surface area contributed by atoms with Crippen molar-refractivity contribution in [1.29, 1.82) is 0 Å². The molecule has 0 heterocycles. The van der Waals surface area contributed by atoms with Crippen LogP contribution >= 0.6 is 0 Å². The number of nitrogens with one attached hydrogen (secondary N) is 1. The Kier molecular flexibility index (Phi) is 7.38. The Labute approximate surface area is 121 Å². The van der Waals surface area contributed by atoms with Gasteiger partial charge in [0, 0.05) is 18.6 Å². The lowest BCUT2D eigenvalue weighted by atomic mass is 9.79. The third-order valence-corrected chi connectivity index (χ3v) is 4.77. The van der Waals surface area contributed by atoms with Crippen LogP contribution in [-0.2, 0) is 0 Å². The summed E-state index contributed by atoms with van der Waals surface area (Å²) in [7, 11) is 4.43. The van der Waals surface area contributed by atoms with Crippen molar-refractivity contribution < 1.29 is 0 Å². The molecule has 0 aliphatic heterocycles. The van der Waals surface area contributed by atoms with Gasteiger partial charge in [0.05, 0.1) is 0 Å². The first-order chi connectivity index (χ1) is 8.90. The first-order valence-corrected chi connectivity index (χ1v) is 8.30. The van der Waals surface area contributed by atoms with E-state index in [9.17, 15) is 0 Å². The van der Waals surface area contributed by atoms with E-state index in [1.54, 1.807) is 0 Å². The van der Waals surface area contributed by atoms with Gasteiger partial charge in [-0.05, 0) is 51.1 Å². The summed E-state index contributed by atoms with van der Waals surface area (Å²) in [6.07, 6.45) is 6.92. The molecule has 1 aliphatic rings. The first-order valence-electron chi connectivity index (χ1n) is 8.30. The largest absolute Gasteiger partial charge is 0.312 e. The third kappa shape index (κ3) is 6.27. The molecule has 0 spiro atoms. The molecule has 19 heavy (non-hydrogen) atoms. The smallest absolute Gasteiger partial charge is 0.0217 e. The van der Waals surface area contributed by atoms with E-state index >= 15 is 0 Å². The summed E-state index contributed by atoms with van der Waals surface area (Å²) in [6, 6.07) is 1.44. The third-order valence-electron chi connectivity index (χ3n) is 4.77. The number of rotatable bonds is 7. The van der Waals surface area contributed by atoms with Crippen LogP contribution < -0.4 is 5.32 Å². The van der Waals surface area contributed by atoms with Gasteiger partial charge < -0.3 is 10.2 Å². The van der Waals surface area contributed by atoms with Crippen LogP contribution in [0, 0.1) is 17.8 Å². The number of hydrogen-bond acceptors (Lipinski definition) is 2. The quantitative estimate of drug-likeness (QED) is 0.756. The molecule has 0 bridgehead atoms. The molecule has 1 aliphatic carbocycles. The van der Waals surface area contributed by atoms with E-state index in [0.29, 0.717) is 6.04 Å². The Hall–Kier alpha value is -0.0800. The van der Waals surface area contributed by atoms with Crippen LogP contribution in [0.5, 0.6) is 0 Å². The van der Waals surface area contributed by atoms with Gasteiger partial charge in [-0.2, -0.15) is 0 Å². The van der Waals surface area contributed by atoms with Gasteiger partial charge in [-0.3, -0.25) is 0 Å². The predicted molar refractivity (Wildman–Crippen MR) is 85.5 cm³/mol. The minimum absolute atomic E-state index is 0.680. The molecule has 2 heteroatoms. The maximum Gasteiger partial charge on any atom is 0.0217 e. The maximum absolute atomic E-state index is 3.85. The van der Waals surface area contributed by atoms with Crippen LogP contribution in [0.3, 0.4) is 0 Å². The molecular formula is C17H36N2. The van der Waals surface area contributed by atoms with Crippen molar-refractivity contribution in [3.05, 3.63) is 0 Å². The molecule has 0 saturated heterocycles. The average Bonchev–Trinajstić information content (AvgIpc) is 2.34. The second-order valence-corrected chi connectivity index (χ2v) is 7.52. The normalized spacial score (nSPS) is 26.4. The lowest BCUT2D eigenvalue weighted by Gasteiger charge is -2.34. The molecule has 114 valence electrons. The summed E-state index contributed by atoms with van der Waals surface area (Å²) in [5.74, 6) is 2.57. The summed E-state index contributed by atoms with van der Waals surface area (Å²) >= 11 is 0. The second kappa shape index (κ2) is 8.26. The Morgan fingerprint density at radius 1 is 1.11 bits per heavy atom. The SMILES string of the molecule is CC(C)CC(CNC1CCCC(C(C)C)C1)N(C)C. The van der Waals surface area contributed by atoms with Gasteiger partial charge in [-0.15, -0.1) is 0 Å². The number of nitrogens with zero attached hydrogens (tertiary/aromatic N) is 1. The molecule has 1 N–H and O–H groups in total. The highest BCUT2D eigenvalue weighted by molar-refractivity contribution is 4.81. The molecule has 1 saturated carbocycles. The molecule has 1 rings (SSSR count). The van der Waals surface area contributed by atoms with Gasteiger partial charge in [0.1, 0.15) is 0 Å². The van der Waals surface area contributed by atoms with Crippen molar-refractivity contribution in [2.45, 2.75) is 71.9 Å². The molecule has 0 aromatic heterocycles. The van der Waals surface area contributed by atoms with Crippen molar-refractivity contribution in [1.82, 2.24) is 10.2 Å². The molecular weight excluding hydrogens is 232 g/mol. The first kappa shape index (κ1) is 17.0. The summed E-state index contributed by atoms with van der Waals surface area (Å²) in [5, 5.41) is 3.85. The molecule has 0 aromatic carbocycles. The number of likely N-dealkylation sites (N-methyl/N-ethyl adjacent to an activating group) is 1. The van der Waals surface area contributed by atoms with Crippen molar-refractivity contribution in [2.24, 2.45) is 17.8 Å². The van der Waals surface area contributed by atoms with Gasteiger partial charge in [0.2, 0.25) is 0 Å². The monoisotopic (exact) mass is 268 g/mol. The lowest BCUT2D eigenvalue weighted by molar-refractivity contribution is 0.201. The summed E-state index contributed by atoms with van der Waals surface area (Å²) in [4.78, 5) is 2.38.